The molecule has 0 saturated carbocycles. The van der Waals surface area contributed by atoms with Crippen LogP contribution in [-0.2, 0) is 10.0 Å². The largest absolute Gasteiger partial charge is 0.377 e. The van der Waals surface area contributed by atoms with Crippen molar-refractivity contribution in [3.8, 4) is 0 Å². The minimum absolute atomic E-state index is 0.0640. The predicted octanol–water partition coefficient (Wildman–Crippen LogP) is 3.23. The van der Waals surface area contributed by atoms with E-state index in [4.69, 9.17) is 0 Å². The van der Waals surface area contributed by atoms with Crippen LogP contribution in [0.2, 0.25) is 0 Å². The van der Waals surface area contributed by atoms with Gasteiger partial charge in [-0.05, 0) is 36.3 Å². The number of hydrogen-bond acceptors (Lipinski definition) is 3. The summed E-state index contributed by atoms with van der Waals surface area (Å²) in [6.45, 7) is 8.03. The normalized spacial score (nSPS) is 28.3. The smallest absolute Gasteiger partial charge is 0.245 e. The molecule has 1 aliphatic heterocycles. The van der Waals surface area contributed by atoms with Crippen molar-refractivity contribution in [2.24, 2.45) is 11.3 Å². The van der Waals surface area contributed by atoms with E-state index in [2.05, 4.69) is 0 Å². The van der Waals surface area contributed by atoms with E-state index < -0.39 is 16.3 Å². The highest BCUT2D eigenvalue weighted by Crippen LogP contribution is 2.38. The maximum atomic E-state index is 13.1. The standard InChI is InChI=1S/C17H27NO3S/c1-13-9-8-12-15(17(2,3)4)18(16(13)19)22(20,21)14-10-6-5-7-11-14/h5-7,10-11,13,15-16,19H,8-9,12H2,1-4H3. The molecule has 4 nitrogen and oxygen atoms in total. The topological polar surface area (TPSA) is 57.6 Å². The van der Waals surface area contributed by atoms with Gasteiger partial charge in [0.05, 0.1) is 4.90 Å². The first-order chi connectivity index (χ1) is 10.2. The molecule has 3 unspecified atom stereocenters. The van der Waals surface area contributed by atoms with Crippen molar-refractivity contribution in [2.75, 3.05) is 0 Å². The van der Waals surface area contributed by atoms with Gasteiger partial charge in [-0.15, -0.1) is 0 Å². The van der Waals surface area contributed by atoms with Gasteiger partial charge in [0.25, 0.3) is 0 Å². The SMILES string of the molecule is CC1CCCC(C(C)(C)C)N(S(=O)(=O)c2ccccc2)C1O. The molecule has 0 amide bonds. The molecule has 1 aliphatic rings. The first-order valence-corrected chi connectivity index (χ1v) is 9.36. The molecule has 0 aromatic heterocycles. The summed E-state index contributed by atoms with van der Waals surface area (Å²) >= 11 is 0. The van der Waals surface area contributed by atoms with E-state index in [1.165, 1.54) is 4.31 Å². The quantitative estimate of drug-likeness (QED) is 0.908. The van der Waals surface area contributed by atoms with Crippen LogP contribution in [0, 0.1) is 11.3 Å². The molecule has 1 N–H and O–H groups in total. The molecule has 124 valence electrons. The Labute approximate surface area is 134 Å². The van der Waals surface area contributed by atoms with E-state index in [0.29, 0.717) is 0 Å². The lowest BCUT2D eigenvalue weighted by molar-refractivity contribution is -0.0177. The van der Waals surface area contributed by atoms with Gasteiger partial charge in [0.2, 0.25) is 10.0 Å². The van der Waals surface area contributed by atoms with E-state index in [-0.39, 0.29) is 22.3 Å². The molecule has 22 heavy (non-hydrogen) atoms. The highest BCUT2D eigenvalue weighted by molar-refractivity contribution is 7.89. The average Bonchev–Trinajstić information content (AvgIpc) is 2.60. The number of aliphatic hydroxyl groups is 1. The highest BCUT2D eigenvalue weighted by Gasteiger charge is 2.44. The number of aliphatic hydroxyl groups excluding tert-OH is 1. The summed E-state index contributed by atoms with van der Waals surface area (Å²) in [7, 11) is -3.72. The van der Waals surface area contributed by atoms with Crippen molar-refractivity contribution in [3.05, 3.63) is 30.3 Å². The van der Waals surface area contributed by atoms with Crippen molar-refractivity contribution in [3.63, 3.8) is 0 Å². The molecular weight excluding hydrogens is 298 g/mol. The minimum atomic E-state index is -3.72. The van der Waals surface area contributed by atoms with E-state index in [1.54, 1.807) is 30.3 Å². The zero-order valence-corrected chi connectivity index (χ0v) is 14.7. The predicted molar refractivity (Wildman–Crippen MR) is 87.7 cm³/mol. The van der Waals surface area contributed by atoms with E-state index in [1.807, 2.05) is 27.7 Å². The number of sulfonamides is 1. The van der Waals surface area contributed by atoms with E-state index in [9.17, 15) is 13.5 Å². The molecule has 0 bridgehead atoms. The van der Waals surface area contributed by atoms with Gasteiger partial charge in [-0.3, -0.25) is 0 Å². The number of benzene rings is 1. The van der Waals surface area contributed by atoms with Gasteiger partial charge < -0.3 is 5.11 Å². The molecule has 3 atom stereocenters. The van der Waals surface area contributed by atoms with Gasteiger partial charge in [0.1, 0.15) is 6.23 Å². The first-order valence-electron chi connectivity index (χ1n) is 7.92. The maximum Gasteiger partial charge on any atom is 0.245 e. The Morgan fingerprint density at radius 2 is 1.73 bits per heavy atom. The Balaban J connectivity index is 2.53. The third-order valence-electron chi connectivity index (χ3n) is 4.53. The van der Waals surface area contributed by atoms with Crippen LogP contribution in [0.15, 0.2) is 35.2 Å². The van der Waals surface area contributed by atoms with E-state index >= 15 is 0 Å². The fourth-order valence-corrected chi connectivity index (χ4v) is 5.18. The Morgan fingerprint density at radius 3 is 2.27 bits per heavy atom. The van der Waals surface area contributed by atoms with Crippen LogP contribution in [0.4, 0.5) is 0 Å². The van der Waals surface area contributed by atoms with Crippen LogP contribution in [0.1, 0.15) is 47.0 Å². The van der Waals surface area contributed by atoms with Gasteiger partial charge >= 0.3 is 0 Å². The van der Waals surface area contributed by atoms with Crippen LogP contribution in [0.3, 0.4) is 0 Å². The second kappa shape index (κ2) is 6.30. The zero-order valence-electron chi connectivity index (χ0n) is 13.9. The molecule has 5 heteroatoms. The number of hydrogen-bond donors (Lipinski definition) is 1. The molecule has 1 aromatic carbocycles. The van der Waals surface area contributed by atoms with Crippen LogP contribution >= 0.6 is 0 Å². The minimum Gasteiger partial charge on any atom is -0.377 e. The third-order valence-corrected chi connectivity index (χ3v) is 6.43. The molecule has 0 radical (unpaired) electrons. The van der Waals surface area contributed by atoms with Crippen molar-refractivity contribution < 1.29 is 13.5 Å². The summed E-state index contributed by atoms with van der Waals surface area (Å²) in [4.78, 5) is 0.248. The Hall–Kier alpha value is -0.910. The highest BCUT2D eigenvalue weighted by atomic mass is 32.2. The number of nitrogens with zero attached hydrogens (tertiary/aromatic N) is 1. The van der Waals surface area contributed by atoms with Crippen LogP contribution < -0.4 is 0 Å². The van der Waals surface area contributed by atoms with Gasteiger partial charge in [0.15, 0.2) is 0 Å². The first kappa shape index (κ1) is 17.4. The summed E-state index contributed by atoms with van der Waals surface area (Å²) in [5.74, 6) is -0.0640. The molecule has 1 fully saturated rings. The van der Waals surface area contributed by atoms with Crippen LogP contribution in [0.25, 0.3) is 0 Å². The fraction of sp³-hybridized carbons (Fsp3) is 0.647. The molecule has 0 spiro atoms. The lowest BCUT2D eigenvalue weighted by Crippen LogP contribution is -2.53. The van der Waals surface area contributed by atoms with E-state index in [0.717, 1.165) is 19.3 Å². The maximum absolute atomic E-state index is 13.1. The Morgan fingerprint density at radius 1 is 1.14 bits per heavy atom. The molecule has 2 rings (SSSR count). The fourth-order valence-electron chi connectivity index (χ4n) is 3.18. The summed E-state index contributed by atoms with van der Waals surface area (Å²) in [5.41, 5.74) is -0.229. The monoisotopic (exact) mass is 325 g/mol. The summed E-state index contributed by atoms with van der Waals surface area (Å²) in [5, 5.41) is 10.7. The zero-order chi connectivity index (χ0) is 16.5. The van der Waals surface area contributed by atoms with Crippen molar-refractivity contribution in [1.82, 2.24) is 4.31 Å². The van der Waals surface area contributed by atoms with Crippen LogP contribution in [-0.4, -0.2) is 30.1 Å². The summed E-state index contributed by atoms with van der Waals surface area (Å²) < 4.78 is 27.6. The Kier molecular flexibility index (Phi) is 5.00. The summed E-state index contributed by atoms with van der Waals surface area (Å²) in [6, 6.07) is 8.20. The van der Waals surface area contributed by atoms with Gasteiger partial charge in [-0.2, -0.15) is 4.31 Å². The van der Waals surface area contributed by atoms with Crippen molar-refractivity contribution in [1.29, 1.82) is 0 Å². The molecular formula is C17H27NO3S. The van der Waals surface area contributed by atoms with Gasteiger partial charge in [-0.1, -0.05) is 52.3 Å². The lowest BCUT2D eigenvalue weighted by Gasteiger charge is -2.41. The second-order valence-corrected chi connectivity index (χ2v) is 9.19. The Bertz CT molecular complexity index is 592. The van der Waals surface area contributed by atoms with Gasteiger partial charge in [0, 0.05) is 6.04 Å². The van der Waals surface area contributed by atoms with Crippen molar-refractivity contribution in [2.45, 2.75) is 64.1 Å². The molecule has 1 heterocycles. The van der Waals surface area contributed by atoms with Gasteiger partial charge in [-0.25, -0.2) is 8.42 Å². The van der Waals surface area contributed by atoms with Crippen LogP contribution in [0.5, 0.6) is 0 Å². The molecule has 0 aliphatic carbocycles. The lowest BCUT2D eigenvalue weighted by atomic mass is 9.84. The van der Waals surface area contributed by atoms with Crippen molar-refractivity contribution >= 4 is 10.0 Å². The third kappa shape index (κ3) is 3.36. The number of rotatable bonds is 2. The summed E-state index contributed by atoms with van der Waals surface area (Å²) in [6.07, 6.45) is 1.57. The molecule has 1 aromatic rings. The average molecular weight is 325 g/mol. The molecule has 1 saturated heterocycles. The second-order valence-electron chi connectivity index (χ2n) is 7.35.